The van der Waals surface area contributed by atoms with Crippen LogP contribution in [0.4, 0.5) is 0 Å². The Morgan fingerprint density at radius 2 is 1.81 bits per heavy atom. The van der Waals surface area contributed by atoms with E-state index in [2.05, 4.69) is 36.3 Å². The van der Waals surface area contributed by atoms with Crippen molar-refractivity contribution in [2.45, 2.75) is 45.7 Å². The number of nitrogens with one attached hydrogen (secondary N) is 2. The average molecular weight is 229 g/mol. The molecule has 0 rings (SSSR count). The van der Waals surface area contributed by atoms with Gasteiger partial charge in [0.1, 0.15) is 0 Å². The zero-order chi connectivity index (χ0) is 12.6. The lowest BCUT2D eigenvalue weighted by Gasteiger charge is -2.19. The Hall–Kier alpha value is -0.610. The number of likely N-dealkylation sites (N-methyl/N-ethyl adjacent to an activating group) is 1. The van der Waals surface area contributed by atoms with Crippen molar-refractivity contribution in [2.75, 3.05) is 27.2 Å². The Morgan fingerprint density at radius 1 is 1.25 bits per heavy atom. The summed E-state index contributed by atoms with van der Waals surface area (Å²) in [5, 5.41) is 6.22. The molecule has 96 valence electrons. The molecule has 1 amide bonds. The summed E-state index contributed by atoms with van der Waals surface area (Å²) in [7, 11) is 4.06. The molecule has 0 aliphatic heterocycles. The number of carbonyl (C=O) groups excluding carboxylic acids is 1. The van der Waals surface area contributed by atoms with Gasteiger partial charge in [0.25, 0.3) is 0 Å². The summed E-state index contributed by atoms with van der Waals surface area (Å²) in [6.45, 7) is 7.63. The average Bonchev–Trinajstić information content (AvgIpc) is 2.22. The van der Waals surface area contributed by atoms with E-state index in [-0.39, 0.29) is 5.91 Å². The van der Waals surface area contributed by atoms with Gasteiger partial charge in [0, 0.05) is 18.6 Å². The molecule has 1 unspecified atom stereocenters. The first-order valence-electron chi connectivity index (χ1n) is 6.17. The fraction of sp³-hybridized carbons (Fsp3) is 0.917. The second-order valence-electron chi connectivity index (χ2n) is 4.63. The predicted octanol–water partition coefficient (Wildman–Crippen LogP) is 0.831. The molecule has 0 aromatic rings. The molecule has 0 bridgehead atoms. The van der Waals surface area contributed by atoms with E-state index >= 15 is 0 Å². The lowest BCUT2D eigenvalue weighted by molar-refractivity contribution is -0.121. The summed E-state index contributed by atoms with van der Waals surface area (Å²) < 4.78 is 0. The van der Waals surface area contributed by atoms with Gasteiger partial charge >= 0.3 is 0 Å². The van der Waals surface area contributed by atoms with Gasteiger partial charge < -0.3 is 15.5 Å². The molecule has 4 heteroatoms. The van der Waals surface area contributed by atoms with Crippen LogP contribution in [0.3, 0.4) is 0 Å². The molecule has 0 fully saturated rings. The third kappa shape index (κ3) is 7.65. The van der Waals surface area contributed by atoms with Gasteiger partial charge in [-0.05, 0) is 33.9 Å². The molecule has 0 heterocycles. The highest BCUT2D eigenvalue weighted by molar-refractivity contribution is 5.78. The summed E-state index contributed by atoms with van der Waals surface area (Å²) >= 11 is 0. The Balaban J connectivity index is 3.72. The number of nitrogens with zero attached hydrogens (tertiary/aromatic N) is 1. The molecular weight excluding hydrogens is 202 g/mol. The maximum absolute atomic E-state index is 11.6. The minimum absolute atomic E-state index is 0.0966. The fourth-order valence-electron chi connectivity index (χ4n) is 1.65. The van der Waals surface area contributed by atoms with Crippen molar-refractivity contribution in [3.63, 3.8) is 0 Å². The van der Waals surface area contributed by atoms with Crippen molar-refractivity contribution in [3.8, 4) is 0 Å². The minimum atomic E-state index is 0.0966. The molecule has 0 aliphatic rings. The molecule has 0 spiro atoms. The summed E-state index contributed by atoms with van der Waals surface area (Å²) in [5.74, 6) is 0.0966. The van der Waals surface area contributed by atoms with Crippen LogP contribution in [-0.2, 0) is 4.79 Å². The monoisotopic (exact) mass is 229 g/mol. The zero-order valence-corrected chi connectivity index (χ0v) is 11.3. The summed E-state index contributed by atoms with van der Waals surface area (Å²) in [4.78, 5) is 13.7. The van der Waals surface area contributed by atoms with E-state index in [9.17, 15) is 4.79 Å². The lowest BCUT2D eigenvalue weighted by atomic mass is 10.2. The first-order chi connectivity index (χ1) is 7.49. The number of hydrogen-bond donors (Lipinski definition) is 2. The molecule has 0 radical (unpaired) electrons. The van der Waals surface area contributed by atoms with Crippen LogP contribution in [0, 0.1) is 0 Å². The van der Waals surface area contributed by atoms with Crippen LogP contribution in [0.1, 0.15) is 33.6 Å². The van der Waals surface area contributed by atoms with E-state index in [0.29, 0.717) is 18.6 Å². The second kappa shape index (κ2) is 8.53. The Kier molecular flexibility index (Phi) is 8.21. The van der Waals surface area contributed by atoms with E-state index in [0.717, 1.165) is 19.4 Å². The maximum Gasteiger partial charge on any atom is 0.234 e. The van der Waals surface area contributed by atoms with Crippen molar-refractivity contribution in [2.24, 2.45) is 0 Å². The van der Waals surface area contributed by atoms with Crippen LogP contribution < -0.4 is 10.6 Å². The van der Waals surface area contributed by atoms with Crippen molar-refractivity contribution in [1.29, 1.82) is 0 Å². The molecule has 0 aromatic heterocycles. The van der Waals surface area contributed by atoms with Crippen LogP contribution in [0.15, 0.2) is 0 Å². The highest BCUT2D eigenvalue weighted by Gasteiger charge is 2.09. The molecule has 0 saturated carbocycles. The van der Waals surface area contributed by atoms with Crippen molar-refractivity contribution in [3.05, 3.63) is 0 Å². The number of rotatable bonds is 8. The van der Waals surface area contributed by atoms with Gasteiger partial charge in [-0.1, -0.05) is 13.8 Å². The smallest absolute Gasteiger partial charge is 0.234 e. The SMILES string of the molecule is CCC(CC)NC(=O)CNC(C)CN(C)C. The molecule has 2 N–H and O–H groups in total. The minimum Gasteiger partial charge on any atom is -0.352 e. The number of carbonyl (C=O) groups is 1. The summed E-state index contributed by atoms with van der Waals surface area (Å²) in [5.41, 5.74) is 0. The van der Waals surface area contributed by atoms with Crippen molar-refractivity contribution < 1.29 is 4.79 Å². The van der Waals surface area contributed by atoms with Gasteiger partial charge in [0.15, 0.2) is 0 Å². The summed E-state index contributed by atoms with van der Waals surface area (Å²) in [6.07, 6.45) is 1.99. The van der Waals surface area contributed by atoms with Gasteiger partial charge in [0.2, 0.25) is 5.91 Å². The van der Waals surface area contributed by atoms with Gasteiger partial charge in [-0.2, -0.15) is 0 Å². The van der Waals surface area contributed by atoms with E-state index in [1.54, 1.807) is 0 Å². The second-order valence-corrected chi connectivity index (χ2v) is 4.63. The zero-order valence-electron chi connectivity index (χ0n) is 11.3. The van der Waals surface area contributed by atoms with Crippen LogP contribution in [0.2, 0.25) is 0 Å². The van der Waals surface area contributed by atoms with E-state index in [4.69, 9.17) is 0 Å². The lowest BCUT2D eigenvalue weighted by Crippen LogP contribution is -2.44. The van der Waals surface area contributed by atoms with E-state index < -0.39 is 0 Å². The molecule has 4 nitrogen and oxygen atoms in total. The van der Waals surface area contributed by atoms with Crippen LogP contribution >= 0.6 is 0 Å². The van der Waals surface area contributed by atoms with Crippen LogP contribution in [0.5, 0.6) is 0 Å². The van der Waals surface area contributed by atoms with E-state index in [1.165, 1.54) is 0 Å². The molecular formula is C12H27N3O. The Bertz CT molecular complexity index is 191. The highest BCUT2D eigenvalue weighted by atomic mass is 16.1. The predicted molar refractivity (Wildman–Crippen MR) is 68.5 cm³/mol. The third-order valence-corrected chi connectivity index (χ3v) is 2.60. The first kappa shape index (κ1) is 15.4. The highest BCUT2D eigenvalue weighted by Crippen LogP contribution is 1.95. The number of hydrogen-bond acceptors (Lipinski definition) is 3. The molecule has 16 heavy (non-hydrogen) atoms. The van der Waals surface area contributed by atoms with Gasteiger partial charge in [0.05, 0.1) is 6.54 Å². The normalized spacial score (nSPS) is 13.2. The summed E-state index contributed by atoms with van der Waals surface area (Å²) in [6, 6.07) is 0.654. The molecule has 0 saturated heterocycles. The topological polar surface area (TPSA) is 44.4 Å². The van der Waals surface area contributed by atoms with Crippen molar-refractivity contribution in [1.82, 2.24) is 15.5 Å². The third-order valence-electron chi connectivity index (χ3n) is 2.60. The van der Waals surface area contributed by atoms with Gasteiger partial charge in [-0.25, -0.2) is 0 Å². The van der Waals surface area contributed by atoms with Crippen LogP contribution in [-0.4, -0.2) is 50.1 Å². The molecule has 1 atom stereocenters. The van der Waals surface area contributed by atoms with Gasteiger partial charge in [-0.15, -0.1) is 0 Å². The Labute approximate surface area is 99.8 Å². The number of amides is 1. The maximum atomic E-state index is 11.6. The molecule has 0 aliphatic carbocycles. The standard InChI is InChI=1S/C12H27N3O/c1-6-11(7-2)14-12(16)8-13-10(3)9-15(4)5/h10-11,13H,6-9H2,1-5H3,(H,14,16). The quantitative estimate of drug-likeness (QED) is 0.648. The van der Waals surface area contributed by atoms with E-state index in [1.807, 2.05) is 14.1 Å². The van der Waals surface area contributed by atoms with Crippen molar-refractivity contribution >= 4 is 5.91 Å². The van der Waals surface area contributed by atoms with Gasteiger partial charge in [-0.3, -0.25) is 4.79 Å². The largest absolute Gasteiger partial charge is 0.352 e. The van der Waals surface area contributed by atoms with Crippen LogP contribution in [0.25, 0.3) is 0 Å². The molecule has 0 aromatic carbocycles. The fourth-order valence-corrected chi connectivity index (χ4v) is 1.65. The Morgan fingerprint density at radius 3 is 2.25 bits per heavy atom. The first-order valence-corrected chi connectivity index (χ1v) is 6.17.